The third kappa shape index (κ3) is 7.14. The summed E-state index contributed by atoms with van der Waals surface area (Å²) in [6, 6.07) is 26.1. The maximum atomic E-state index is 12.4. The Morgan fingerprint density at radius 3 is 2.27 bits per heavy atom. The van der Waals surface area contributed by atoms with Gasteiger partial charge in [0.25, 0.3) is 0 Å². The molecule has 204 valence electrons. The first-order valence-electron chi connectivity index (χ1n) is 14.2. The zero-order valence-electron chi connectivity index (χ0n) is 22.9. The molecule has 1 aliphatic carbocycles. The number of nitrogens with two attached hydrogens (primary N) is 1. The molecule has 3 aromatic carbocycles. The molecule has 1 heterocycles. The summed E-state index contributed by atoms with van der Waals surface area (Å²) in [4.78, 5) is 12.4. The molecule has 0 radical (unpaired) electrons. The summed E-state index contributed by atoms with van der Waals surface area (Å²) in [6.45, 7) is 0.750. The molecule has 0 aliphatic heterocycles. The monoisotopic (exact) mass is 531 g/mol. The number of benzene rings is 3. The minimum absolute atomic E-state index is 0.0538. The van der Waals surface area contributed by atoms with E-state index in [1.165, 1.54) is 16.7 Å². The number of anilines is 2. The average Bonchev–Trinajstić information content (AvgIpc) is 2.97. The van der Waals surface area contributed by atoms with Crippen molar-refractivity contribution < 1.29 is 4.79 Å². The number of nitrogen functional groups attached to an aromatic ring is 1. The fourth-order valence-electron chi connectivity index (χ4n) is 5.15. The number of fused-ring (bicyclic) bond motifs is 3. The second-order valence-corrected chi connectivity index (χ2v) is 10.5. The van der Waals surface area contributed by atoms with Crippen LogP contribution in [0.15, 0.2) is 78.9 Å². The van der Waals surface area contributed by atoms with Crippen molar-refractivity contribution in [3.8, 4) is 11.3 Å². The summed E-state index contributed by atoms with van der Waals surface area (Å²) in [5, 5.41) is 16.3. The predicted molar refractivity (Wildman–Crippen MR) is 163 cm³/mol. The third-order valence-electron chi connectivity index (χ3n) is 7.42. The molecule has 0 fully saturated rings. The first kappa shape index (κ1) is 27.1. The Hall–Kier alpha value is -4.45. The molecule has 0 unspecified atom stereocenters. The zero-order chi connectivity index (χ0) is 27.7. The first-order chi connectivity index (χ1) is 19.5. The molecule has 40 heavy (non-hydrogen) atoms. The molecular formula is C34H37N5O. The molecule has 0 saturated heterocycles. The number of carbonyl (C=O) groups excluding carboxylic acids is 1. The summed E-state index contributed by atoms with van der Waals surface area (Å²) in [7, 11) is 0. The fourth-order valence-corrected chi connectivity index (χ4v) is 5.15. The highest BCUT2D eigenvalue weighted by molar-refractivity contribution is 5.90. The number of rotatable bonds is 11. The third-order valence-corrected chi connectivity index (χ3v) is 7.42. The van der Waals surface area contributed by atoms with Gasteiger partial charge in [-0.15, -0.1) is 0 Å². The highest BCUT2D eigenvalue weighted by atomic mass is 16.1. The van der Waals surface area contributed by atoms with Crippen LogP contribution in [0.2, 0.25) is 0 Å². The summed E-state index contributed by atoms with van der Waals surface area (Å²) < 4.78 is 1.84. The smallest absolute Gasteiger partial charge is 0.224 e. The maximum Gasteiger partial charge on any atom is 0.224 e. The SMILES string of the molecule is N=c1cc2c(nn1CCCCCCCC(=O)Nc1ccc(C=Cc3ccc(N)cc3)cc1)-c1ccccc1CC2. The van der Waals surface area contributed by atoms with E-state index in [0.717, 1.165) is 79.7 Å². The number of hydrogen-bond donors (Lipinski definition) is 3. The van der Waals surface area contributed by atoms with Crippen molar-refractivity contribution in [2.24, 2.45) is 0 Å². The second kappa shape index (κ2) is 13.1. The van der Waals surface area contributed by atoms with Crippen LogP contribution in [-0.4, -0.2) is 15.7 Å². The van der Waals surface area contributed by atoms with E-state index in [-0.39, 0.29) is 5.91 Å². The average molecular weight is 532 g/mol. The minimum Gasteiger partial charge on any atom is -0.399 e. The molecule has 0 spiro atoms. The number of nitrogens with one attached hydrogen (secondary N) is 2. The van der Waals surface area contributed by atoms with Crippen molar-refractivity contribution in [1.82, 2.24) is 9.78 Å². The Labute approximate surface area is 236 Å². The van der Waals surface area contributed by atoms with Gasteiger partial charge in [0.1, 0.15) is 5.49 Å². The lowest BCUT2D eigenvalue weighted by Crippen LogP contribution is -2.25. The zero-order valence-corrected chi connectivity index (χ0v) is 22.9. The Balaban J connectivity index is 0.998. The molecule has 5 rings (SSSR count). The van der Waals surface area contributed by atoms with Gasteiger partial charge in [-0.1, -0.05) is 79.9 Å². The Kier molecular flexibility index (Phi) is 8.86. The van der Waals surface area contributed by atoms with Gasteiger partial charge in [-0.05, 0) is 78.3 Å². The standard InChI is InChI=1S/C34H37N5O/c35-29-19-13-25(14-20-29)11-12-26-15-21-30(22-16-26)37-33(40)10-4-2-1-3-7-23-39-32(36)24-28-18-17-27-8-5-6-9-31(27)34(28)38-39/h5-6,8-9,11-16,19-22,24,36H,1-4,7,10,17-18,23,35H2,(H,37,40). The number of carbonyl (C=O) groups is 1. The Morgan fingerprint density at radius 1 is 0.850 bits per heavy atom. The molecule has 0 bridgehead atoms. The van der Waals surface area contributed by atoms with E-state index in [9.17, 15) is 4.79 Å². The maximum absolute atomic E-state index is 12.4. The van der Waals surface area contributed by atoms with Crippen LogP contribution >= 0.6 is 0 Å². The fraction of sp³-hybridized carbons (Fsp3) is 0.265. The van der Waals surface area contributed by atoms with Crippen LogP contribution < -0.4 is 16.5 Å². The molecule has 4 N–H and O–H groups in total. The van der Waals surface area contributed by atoms with Crippen LogP contribution in [0.4, 0.5) is 11.4 Å². The molecule has 0 saturated carbocycles. The molecule has 4 aromatic rings. The van der Waals surface area contributed by atoms with Gasteiger partial charge in [0.15, 0.2) is 0 Å². The van der Waals surface area contributed by atoms with E-state index in [4.69, 9.17) is 16.2 Å². The summed E-state index contributed by atoms with van der Waals surface area (Å²) >= 11 is 0. The largest absolute Gasteiger partial charge is 0.399 e. The first-order valence-corrected chi connectivity index (χ1v) is 14.2. The van der Waals surface area contributed by atoms with Crippen molar-refractivity contribution in [3.63, 3.8) is 0 Å². The molecule has 1 amide bonds. The number of nitrogens with zero attached hydrogens (tertiary/aromatic N) is 2. The molecule has 1 aromatic heterocycles. The lowest BCUT2D eigenvalue weighted by molar-refractivity contribution is -0.116. The van der Waals surface area contributed by atoms with Crippen LogP contribution in [0.5, 0.6) is 0 Å². The minimum atomic E-state index is 0.0538. The lowest BCUT2D eigenvalue weighted by Gasteiger charge is -2.20. The number of aromatic nitrogens is 2. The van der Waals surface area contributed by atoms with Crippen LogP contribution in [0.25, 0.3) is 23.4 Å². The van der Waals surface area contributed by atoms with E-state index >= 15 is 0 Å². The number of aryl methyl sites for hydroxylation is 3. The van der Waals surface area contributed by atoms with Crippen LogP contribution in [-0.2, 0) is 24.2 Å². The molecule has 0 atom stereocenters. The van der Waals surface area contributed by atoms with Gasteiger partial charge in [0.2, 0.25) is 5.91 Å². The topological polar surface area (TPSA) is 96.8 Å². The van der Waals surface area contributed by atoms with E-state index < -0.39 is 0 Å². The molecular weight excluding hydrogens is 494 g/mol. The van der Waals surface area contributed by atoms with E-state index in [1.54, 1.807) is 0 Å². The molecule has 6 heteroatoms. The van der Waals surface area contributed by atoms with Crippen LogP contribution in [0.3, 0.4) is 0 Å². The summed E-state index contributed by atoms with van der Waals surface area (Å²) in [6.07, 6.45) is 11.6. The molecule has 6 nitrogen and oxygen atoms in total. The van der Waals surface area contributed by atoms with Gasteiger partial charge in [-0.3, -0.25) is 10.2 Å². The summed E-state index contributed by atoms with van der Waals surface area (Å²) in [5.74, 6) is 0.0538. The Morgan fingerprint density at radius 2 is 1.50 bits per heavy atom. The van der Waals surface area contributed by atoms with Crippen molar-refractivity contribution in [2.45, 2.75) is 57.9 Å². The quantitative estimate of drug-likeness (QED) is 0.112. The van der Waals surface area contributed by atoms with Crippen molar-refractivity contribution in [3.05, 3.63) is 107 Å². The lowest BCUT2D eigenvalue weighted by atomic mass is 9.89. The number of unbranched alkanes of at least 4 members (excludes halogenated alkanes) is 4. The highest BCUT2D eigenvalue weighted by Gasteiger charge is 2.18. The second-order valence-electron chi connectivity index (χ2n) is 10.5. The van der Waals surface area contributed by atoms with Gasteiger partial charge < -0.3 is 11.1 Å². The van der Waals surface area contributed by atoms with Gasteiger partial charge in [-0.2, -0.15) is 5.10 Å². The van der Waals surface area contributed by atoms with Gasteiger partial charge in [0, 0.05) is 29.9 Å². The predicted octanol–water partition coefficient (Wildman–Crippen LogP) is 6.86. The van der Waals surface area contributed by atoms with Crippen LogP contribution in [0, 0.1) is 5.41 Å². The number of hydrogen-bond acceptors (Lipinski definition) is 4. The molecule has 1 aliphatic rings. The van der Waals surface area contributed by atoms with Crippen LogP contribution in [0.1, 0.15) is 60.8 Å². The van der Waals surface area contributed by atoms with Crippen molar-refractivity contribution in [2.75, 3.05) is 11.1 Å². The van der Waals surface area contributed by atoms with Crippen molar-refractivity contribution >= 4 is 29.4 Å². The normalized spacial score (nSPS) is 12.2. The van der Waals surface area contributed by atoms with Gasteiger partial charge >= 0.3 is 0 Å². The van der Waals surface area contributed by atoms with E-state index in [0.29, 0.717) is 11.9 Å². The van der Waals surface area contributed by atoms with Gasteiger partial charge in [-0.25, -0.2) is 4.68 Å². The van der Waals surface area contributed by atoms with Gasteiger partial charge in [0.05, 0.1) is 5.69 Å². The highest BCUT2D eigenvalue weighted by Crippen LogP contribution is 2.30. The number of amides is 1. The Bertz CT molecular complexity index is 1530. The van der Waals surface area contributed by atoms with Crippen molar-refractivity contribution in [1.29, 1.82) is 5.41 Å². The summed E-state index contributed by atoms with van der Waals surface area (Å²) in [5.41, 5.74) is 14.7. The van der Waals surface area contributed by atoms with E-state index in [1.807, 2.05) is 71.4 Å². The van der Waals surface area contributed by atoms with E-state index in [2.05, 4.69) is 29.6 Å².